The van der Waals surface area contributed by atoms with E-state index in [9.17, 15) is 9.59 Å². The predicted molar refractivity (Wildman–Crippen MR) is 184 cm³/mol. The van der Waals surface area contributed by atoms with Crippen LogP contribution in [0.25, 0.3) is 6.08 Å². The summed E-state index contributed by atoms with van der Waals surface area (Å²) in [6, 6.07) is 15.6. The van der Waals surface area contributed by atoms with Gasteiger partial charge >= 0.3 is 5.97 Å². The van der Waals surface area contributed by atoms with E-state index in [1.54, 1.807) is 51.3 Å². The molecule has 3 aromatic carbocycles. The fourth-order valence-corrected chi connectivity index (χ4v) is 6.92. The number of halogens is 3. The van der Waals surface area contributed by atoms with Gasteiger partial charge in [0.2, 0.25) is 0 Å². The lowest BCUT2D eigenvalue weighted by Crippen LogP contribution is -2.40. The maximum Gasteiger partial charge on any atom is 0.338 e. The molecule has 4 aromatic rings. The molecule has 1 aromatic heterocycles. The molecule has 0 saturated heterocycles. The summed E-state index contributed by atoms with van der Waals surface area (Å²) in [5.41, 5.74) is 2.57. The Kier molecular flexibility index (Phi) is 10.6. The first-order valence-corrected chi connectivity index (χ1v) is 16.8. The van der Waals surface area contributed by atoms with Crippen molar-refractivity contribution >= 4 is 62.5 Å². The third kappa shape index (κ3) is 7.20. The monoisotopic (exact) mass is 744 g/mol. The number of carbonyl (C=O) groups excluding carboxylic acids is 1. The van der Waals surface area contributed by atoms with Gasteiger partial charge in [0.15, 0.2) is 22.0 Å². The number of aromatic nitrogens is 1. The predicted octanol–water partition coefficient (Wildman–Crippen LogP) is 7.24. The Hall–Kier alpha value is -3.57. The van der Waals surface area contributed by atoms with Gasteiger partial charge in [-0.25, -0.2) is 9.79 Å². The molecule has 0 amide bonds. The third-order valence-corrected chi connectivity index (χ3v) is 9.07. The summed E-state index contributed by atoms with van der Waals surface area (Å²) < 4.78 is 25.7. The van der Waals surface area contributed by atoms with Crippen LogP contribution in [0.15, 0.2) is 80.1 Å². The number of hydrogen-bond acceptors (Lipinski definition) is 8. The van der Waals surface area contributed by atoms with Gasteiger partial charge in [0, 0.05) is 4.47 Å². The molecule has 0 saturated carbocycles. The molecular formula is C34H31BrCl2N2O6S. The fourth-order valence-electron chi connectivity index (χ4n) is 5.00. The van der Waals surface area contributed by atoms with E-state index in [1.807, 2.05) is 44.2 Å². The van der Waals surface area contributed by atoms with Crippen molar-refractivity contribution in [3.63, 3.8) is 0 Å². The summed E-state index contributed by atoms with van der Waals surface area (Å²) in [6.07, 6.45) is 1.62. The summed E-state index contributed by atoms with van der Waals surface area (Å²) >= 11 is 17.8. The minimum Gasteiger partial charge on any atom is -0.493 e. The highest BCUT2D eigenvalue weighted by molar-refractivity contribution is 9.10. The molecule has 0 aliphatic carbocycles. The first-order chi connectivity index (χ1) is 22.0. The van der Waals surface area contributed by atoms with Crippen LogP contribution in [0.3, 0.4) is 0 Å². The summed E-state index contributed by atoms with van der Waals surface area (Å²) in [5.74, 6) is 0.809. The Morgan fingerprint density at radius 2 is 1.78 bits per heavy atom. The second-order valence-corrected chi connectivity index (χ2v) is 13.3. The Balaban J connectivity index is 1.57. The van der Waals surface area contributed by atoms with Gasteiger partial charge in [0.05, 0.1) is 51.7 Å². The average Bonchev–Trinajstić information content (AvgIpc) is 3.30. The smallest absolute Gasteiger partial charge is 0.338 e. The quantitative estimate of drug-likeness (QED) is 0.159. The zero-order valence-corrected chi connectivity index (χ0v) is 29.6. The number of fused-ring (bicyclic) bond motifs is 1. The molecule has 0 spiro atoms. The van der Waals surface area contributed by atoms with Crippen LogP contribution in [-0.2, 0) is 16.1 Å². The zero-order chi connectivity index (χ0) is 33.1. The first kappa shape index (κ1) is 33.8. The average molecular weight is 747 g/mol. The molecule has 2 heterocycles. The maximum absolute atomic E-state index is 14.1. The molecule has 1 aliphatic rings. The third-order valence-electron chi connectivity index (χ3n) is 7.00. The van der Waals surface area contributed by atoms with Crippen molar-refractivity contribution in [1.29, 1.82) is 0 Å². The van der Waals surface area contributed by atoms with Crippen molar-refractivity contribution in [2.24, 2.45) is 4.99 Å². The summed E-state index contributed by atoms with van der Waals surface area (Å²) in [4.78, 5) is 32.4. The van der Waals surface area contributed by atoms with Crippen LogP contribution in [0, 0.1) is 0 Å². The van der Waals surface area contributed by atoms with Crippen molar-refractivity contribution in [3.05, 3.63) is 117 Å². The van der Waals surface area contributed by atoms with Crippen molar-refractivity contribution in [3.8, 4) is 17.2 Å². The molecule has 5 rings (SSSR count). The number of hydrogen-bond donors (Lipinski definition) is 0. The Bertz CT molecular complexity index is 1980. The number of benzene rings is 3. The van der Waals surface area contributed by atoms with Crippen molar-refractivity contribution in [2.45, 2.75) is 46.4 Å². The molecule has 0 radical (unpaired) electrons. The van der Waals surface area contributed by atoms with E-state index in [2.05, 4.69) is 20.9 Å². The van der Waals surface area contributed by atoms with E-state index in [0.717, 1.165) is 10.0 Å². The van der Waals surface area contributed by atoms with Crippen LogP contribution >= 0.6 is 50.5 Å². The highest BCUT2D eigenvalue weighted by Crippen LogP contribution is 2.37. The van der Waals surface area contributed by atoms with Gasteiger partial charge in [-0.1, -0.05) is 68.7 Å². The molecule has 1 aliphatic heterocycles. The molecule has 46 heavy (non-hydrogen) atoms. The second kappa shape index (κ2) is 14.5. The minimum atomic E-state index is -0.819. The van der Waals surface area contributed by atoms with E-state index in [4.69, 9.17) is 42.1 Å². The van der Waals surface area contributed by atoms with Crippen LogP contribution in [0.2, 0.25) is 10.0 Å². The number of esters is 1. The van der Waals surface area contributed by atoms with Crippen molar-refractivity contribution in [2.75, 3.05) is 13.7 Å². The molecule has 12 heteroatoms. The number of ether oxygens (including phenoxy) is 4. The van der Waals surface area contributed by atoms with Crippen LogP contribution in [0.5, 0.6) is 17.2 Å². The van der Waals surface area contributed by atoms with E-state index in [1.165, 1.54) is 15.9 Å². The minimum absolute atomic E-state index is 0.0798. The van der Waals surface area contributed by atoms with E-state index in [0.29, 0.717) is 53.5 Å². The first-order valence-electron chi connectivity index (χ1n) is 14.4. The van der Waals surface area contributed by atoms with Gasteiger partial charge in [0.25, 0.3) is 5.56 Å². The SMILES string of the molecule is CCOC(=O)C1=C(C)N=c2s/c(=C\c3cc(Cl)c(OCc4ccc(Br)cc4)c(Cl)c3)c(=O)n2[C@H]1c1ccc(OC(C)C)c(OC)c1. The van der Waals surface area contributed by atoms with Crippen LogP contribution in [0.1, 0.15) is 50.4 Å². The van der Waals surface area contributed by atoms with E-state index >= 15 is 0 Å². The Morgan fingerprint density at radius 3 is 2.41 bits per heavy atom. The number of thiazole rings is 1. The van der Waals surface area contributed by atoms with Gasteiger partial charge < -0.3 is 18.9 Å². The molecule has 0 N–H and O–H groups in total. The normalized spacial score (nSPS) is 14.6. The lowest BCUT2D eigenvalue weighted by molar-refractivity contribution is -0.139. The molecule has 8 nitrogen and oxygen atoms in total. The van der Waals surface area contributed by atoms with Crippen LogP contribution in [-0.4, -0.2) is 30.4 Å². The Morgan fingerprint density at radius 1 is 1.09 bits per heavy atom. The molecule has 1 atom stereocenters. The summed E-state index contributed by atoms with van der Waals surface area (Å²) in [6.45, 7) is 7.74. The van der Waals surface area contributed by atoms with Gasteiger partial charge in [-0.2, -0.15) is 0 Å². The molecule has 0 fully saturated rings. The van der Waals surface area contributed by atoms with Gasteiger partial charge in [-0.15, -0.1) is 0 Å². The standard InChI is InChI=1S/C34H31BrCl2N2O6S/c1-6-43-33(41)29-19(4)38-34-39(30(29)22-9-12-26(45-18(2)3)27(16-22)42-5)32(40)28(46-34)15-21-13-24(36)31(25(37)14-21)44-17-20-7-10-23(35)11-8-20/h7-16,18,30H,6,17H2,1-5H3/b28-15-/t30-/m0/s1. The van der Waals surface area contributed by atoms with Crippen LogP contribution in [0.4, 0.5) is 0 Å². The highest BCUT2D eigenvalue weighted by atomic mass is 79.9. The fraction of sp³-hybridized carbons (Fsp3) is 0.265. The Labute approximate surface area is 288 Å². The summed E-state index contributed by atoms with van der Waals surface area (Å²) in [5, 5.41) is 0.607. The van der Waals surface area contributed by atoms with E-state index in [-0.39, 0.29) is 30.5 Å². The summed E-state index contributed by atoms with van der Waals surface area (Å²) in [7, 11) is 1.54. The maximum atomic E-state index is 14.1. The topological polar surface area (TPSA) is 88.4 Å². The van der Waals surface area contributed by atoms with Crippen molar-refractivity contribution in [1.82, 2.24) is 4.57 Å². The number of nitrogens with zero attached hydrogens (tertiary/aromatic N) is 2. The van der Waals surface area contributed by atoms with E-state index < -0.39 is 12.0 Å². The number of allylic oxidation sites excluding steroid dienone is 1. The van der Waals surface area contributed by atoms with Crippen molar-refractivity contribution < 1.29 is 23.7 Å². The largest absolute Gasteiger partial charge is 0.493 e. The lowest BCUT2D eigenvalue weighted by atomic mass is 9.95. The highest BCUT2D eigenvalue weighted by Gasteiger charge is 2.34. The van der Waals surface area contributed by atoms with Gasteiger partial charge in [-0.05, 0) is 86.9 Å². The van der Waals surface area contributed by atoms with Gasteiger partial charge in [-0.3, -0.25) is 9.36 Å². The van der Waals surface area contributed by atoms with Gasteiger partial charge in [0.1, 0.15) is 6.61 Å². The molecule has 0 unspecified atom stereocenters. The number of methoxy groups -OCH3 is 1. The second-order valence-electron chi connectivity index (χ2n) is 10.6. The molecule has 240 valence electrons. The molecule has 0 bridgehead atoms. The zero-order valence-electron chi connectivity index (χ0n) is 25.7. The number of carbonyl (C=O) groups is 1. The van der Waals surface area contributed by atoms with Crippen LogP contribution < -0.4 is 29.1 Å². The molecular weight excluding hydrogens is 715 g/mol. The lowest BCUT2D eigenvalue weighted by Gasteiger charge is -2.25. The number of rotatable bonds is 10.